The normalized spacial score (nSPS) is 11.8. The van der Waals surface area contributed by atoms with E-state index in [0.29, 0.717) is 0 Å². The summed E-state index contributed by atoms with van der Waals surface area (Å²) in [6, 6.07) is 0. The van der Waals surface area contributed by atoms with Crippen molar-refractivity contribution in [1.29, 1.82) is 0 Å². The molecule has 0 saturated carbocycles. The molecule has 1 heteroatoms. The zero-order chi connectivity index (χ0) is 9.78. The van der Waals surface area contributed by atoms with Crippen LogP contribution in [0.4, 0.5) is 0 Å². The molecule has 0 aromatic carbocycles. The standard InChI is InChI=1S/C12H22O/c1-2-3-4-5-6-7-8-9-10-11-12-13/h3-4,11-13H,2,5-10H2,1H3. The van der Waals surface area contributed by atoms with E-state index < -0.39 is 0 Å². The van der Waals surface area contributed by atoms with Crippen LogP contribution in [0.15, 0.2) is 24.5 Å². The van der Waals surface area contributed by atoms with Crippen LogP contribution in [0.1, 0.15) is 51.9 Å². The first-order valence-electron chi connectivity index (χ1n) is 5.36. The number of allylic oxidation sites excluding steroid dienone is 3. The van der Waals surface area contributed by atoms with Gasteiger partial charge in [-0.25, -0.2) is 0 Å². The number of unbranched alkanes of at least 4 members (excludes halogenated alkanes) is 5. The average molecular weight is 182 g/mol. The van der Waals surface area contributed by atoms with E-state index in [4.69, 9.17) is 5.11 Å². The molecule has 0 spiro atoms. The number of hydrogen-bond donors (Lipinski definition) is 1. The van der Waals surface area contributed by atoms with Gasteiger partial charge in [0.1, 0.15) is 0 Å². The van der Waals surface area contributed by atoms with Crippen LogP contribution in [-0.2, 0) is 0 Å². The minimum atomic E-state index is 1.02. The second-order valence-electron chi connectivity index (χ2n) is 3.26. The molecule has 0 saturated heterocycles. The van der Waals surface area contributed by atoms with Crippen LogP contribution in [0.3, 0.4) is 0 Å². The smallest absolute Gasteiger partial charge is 0.0751 e. The molecule has 0 aliphatic heterocycles. The topological polar surface area (TPSA) is 20.2 Å². The third-order valence-corrected chi connectivity index (χ3v) is 2.00. The maximum absolute atomic E-state index is 8.38. The fourth-order valence-corrected chi connectivity index (χ4v) is 1.24. The van der Waals surface area contributed by atoms with Gasteiger partial charge >= 0.3 is 0 Å². The highest BCUT2D eigenvalue weighted by molar-refractivity contribution is 4.79. The largest absolute Gasteiger partial charge is 0.516 e. The summed E-state index contributed by atoms with van der Waals surface area (Å²) in [5, 5.41) is 8.38. The lowest BCUT2D eigenvalue weighted by molar-refractivity contribution is 0.469. The average Bonchev–Trinajstić information content (AvgIpc) is 2.16. The highest BCUT2D eigenvalue weighted by Gasteiger charge is 1.86. The Labute approximate surface area is 82.2 Å². The Kier molecular flexibility index (Phi) is 10.7. The van der Waals surface area contributed by atoms with Crippen molar-refractivity contribution < 1.29 is 5.11 Å². The highest BCUT2D eigenvalue weighted by atomic mass is 16.2. The van der Waals surface area contributed by atoms with Crippen LogP contribution < -0.4 is 0 Å². The lowest BCUT2D eigenvalue weighted by atomic mass is 10.1. The van der Waals surface area contributed by atoms with Gasteiger partial charge in [-0.15, -0.1) is 0 Å². The molecule has 0 aromatic rings. The maximum Gasteiger partial charge on any atom is 0.0751 e. The lowest BCUT2D eigenvalue weighted by Crippen LogP contribution is -1.76. The summed E-state index contributed by atoms with van der Waals surface area (Å²) in [4.78, 5) is 0. The summed E-state index contributed by atoms with van der Waals surface area (Å²) in [6.07, 6.45) is 16.0. The van der Waals surface area contributed by atoms with Crippen molar-refractivity contribution in [3.63, 3.8) is 0 Å². The highest BCUT2D eigenvalue weighted by Crippen LogP contribution is 2.06. The molecular formula is C12H22O. The summed E-state index contributed by atoms with van der Waals surface area (Å²) in [7, 11) is 0. The summed E-state index contributed by atoms with van der Waals surface area (Å²) < 4.78 is 0. The summed E-state index contributed by atoms with van der Waals surface area (Å²) in [5.41, 5.74) is 0. The Morgan fingerprint density at radius 2 is 1.46 bits per heavy atom. The van der Waals surface area contributed by atoms with Gasteiger partial charge in [0.15, 0.2) is 0 Å². The van der Waals surface area contributed by atoms with Crippen molar-refractivity contribution in [1.82, 2.24) is 0 Å². The van der Waals surface area contributed by atoms with Gasteiger partial charge in [-0.1, -0.05) is 38.0 Å². The monoisotopic (exact) mass is 182 g/mol. The van der Waals surface area contributed by atoms with Crippen LogP contribution >= 0.6 is 0 Å². The molecule has 1 N–H and O–H groups in total. The summed E-state index contributed by atoms with van der Waals surface area (Å²) >= 11 is 0. The van der Waals surface area contributed by atoms with E-state index in [2.05, 4.69) is 19.1 Å². The first-order valence-corrected chi connectivity index (χ1v) is 5.36. The Bertz CT molecular complexity index is 136. The maximum atomic E-state index is 8.38. The molecule has 0 amide bonds. The predicted molar refractivity (Wildman–Crippen MR) is 58.9 cm³/mol. The number of aliphatic hydroxyl groups is 1. The van der Waals surface area contributed by atoms with Gasteiger partial charge in [0.05, 0.1) is 6.26 Å². The molecular weight excluding hydrogens is 160 g/mol. The minimum absolute atomic E-state index is 1.02. The molecule has 0 rings (SSSR count). The second kappa shape index (κ2) is 11.3. The van der Waals surface area contributed by atoms with Crippen molar-refractivity contribution >= 4 is 0 Å². The van der Waals surface area contributed by atoms with Gasteiger partial charge in [-0.05, 0) is 32.1 Å². The molecule has 1 nitrogen and oxygen atoms in total. The van der Waals surface area contributed by atoms with E-state index in [0.717, 1.165) is 19.1 Å². The molecule has 13 heavy (non-hydrogen) atoms. The zero-order valence-corrected chi connectivity index (χ0v) is 8.71. The predicted octanol–water partition coefficient (Wildman–Crippen LogP) is 4.36. The molecule has 0 heterocycles. The van der Waals surface area contributed by atoms with Crippen LogP contribution in [0.2, 0.25) is 0 Å². The van der Waals surface area contributed by atoms with E-state index in [1.165, 1.54) is 32.1 Å². The van der Waals surface area contributed by atoms with Crippen LogP contribution in [0.5, 0.6) is 0 Å². The zero-order valence-electron chi connectivity index (χ0n) is 8.71. The Balaban J connectivity index is 2.95. The molecule has 0 unspecified atom stereocenters. The molecule has 0 atom stereocenters. The van der Waals surface area contributed by atoms with E-state index in [-0.39, 0.29) is 0 Å². The van der Waals surface area contributed by atoms with Gasteiger partial charge in [-0.3, -0.25) is 0 Å². The molecule has 0 aliphatic carbocycles. The molecule has 0 aromatic heterocycles. The van der Waals surface area contributed by atoms with Gasteiger partial charge in [0.25, 0.3) is 0 Å². The van der Waals surface area contributed by atoms with Gasteiger partial charge in [0, 0.05) is 0 Å². The minimum Gasteiger partial charge on any atom is -0.516 e. The molecule has 0 fully saturated rings. The summed E-state index contributed by atoms with van der Waals surface area (Å²) in [5.74, 6) is 0. The van der Waals surface area contributed by atoms with Crippen LogP contribution in [-0.4, -0.2) is 5.11 Å². The SMILES string of the molecule is CCC=CCCCCCCC=CO. The van der Waals surface area contributed by atoms with Crippen LogP contribution in [0.25, 0.3) is 0 Å². The van der Waals surface area contributed by atoms with Crippen molar-refractivity contribution in [3.8, 4) is 0 Å². The number of aliphatic hydroxyl groups excluding tert-OH is 1. The van der Waals surface area contributed by atoms with Crippen molar-refractivity contribution in [2.45, 2.75) is 51.9 Å². The van der Waals surface area contributed by atoms with Gasteiger partial charge in [-0.2, -0.15) is 0 Å². The van der Waals surface area contributed by atoms with Crippen molar-refractivity contribution in [2.75, 3.05) is 0 Å². The lowest BCUT2D eigenvalue weighted by Gasteiger charge is -1.96. The first-order chi connectivity index (χ1) is 6.41. The van der Waals surface area contributed by atoms with E-state index in [1.54, 1.807) is 0 Å². The van der Waals surface area contributed by atoms with Gasteiger partial charge in [0.2, 0.25) is 0 Å². The fraction of sp³-hybridized carbons (Fsp3) is 0.667. The Morgan fingerprint density at radius 1 is 0.846 bits per heavy atom. The molecule has 0 radical (unpaired) electrons. The fourth-order valence-electron chi connectivity index (χ4n) is 1.24. The molecule has 0 aliphatic rings. The second-order valence-corrected chi connectivity index (χ2v) is 3.26. The van der Waals surface area contributed by atoms with E-state index in [1.807, 2.05) is 6.08 Å². The van der Waals surface area contributed by atoms with E-state index in [9.17, 15) is 0 Å². The quantitative estimate of drug-likeness (QED) is 0.336. The summed E-state index contributed by atoms with van der Waals surface area (Å²) in [6.45, 7) is 2.16. The van der Waals surface area contributed by atoms with Crippen molar-refractivity contribution in [3.05, 3.63) is 24.5 Å². The Morgan fingerprint density at radius 3 is 2.00 bits per heavy atom. The van der Waals surface area contributed by atoms with E-state index >= 15 is 0 Å². The number of hydrogen-bond acceptors (Lipinski definition) is 1. The molecule has 0 bridgehead atoms. The van der Waals surface area contributed by atoms with Crippen molar-refractivity contribution in [2.24, 2.45) is 0 Å². The molecule has 76 valence electrons. The number of rotatable bonds is 8. The Hall–Kier alpha value is -0.720. The first kappa shape index (κ1) is 12.3. The van der Waals surface area contributed by atoms with Crippen LogP contribution in [0, 0.1) is 0 Å². The third kappa shape index (κ3) is 11.3. The third-order valence-electron chi connectivity index (χ3n) is 2.00. The van der Waals surface area contributed by atoms with Gasteiger partial charge < -0.3 is 5.11 Å².